The van der Waals surface area contributed by atoms with Crippen LogP contribution in [0.1, 0.15) is 48.9 Å². The molecule has 1 aliphatic heterocycles. The van der Waals surface area contributed by atoms with Gasteiger partial charge in [-0.05, 0) is 48.6 Å². The zero-order valence-corrected chi connectivity index (χ0v) is 16.0. The van der Waals surface area contributed by atoms with Crippen molar-refractivity contribution in [1.82, 2.24) is 14.6 Å². The van der Waals surface area contributed by atoms with E-state index in [1.807, 2.05) is 18.3 Å². The molecule has 0 saturated carbocycles. The van der Waals surface area contributed by atoms with E-state index in [1.54, 1.807) is 16.6 Å². The largest absolute Gasteiger partial charge is 0.398 e. The molecule has 146 valence electrons. The number of halogens is 1. The van der Waals surface area contributed by atoms with Crippen LogP contribution in [0.15, 0.2) is 37.0 Å². The third-order valence-corrected chi connectivity index (χ3v) is 5.35. The van der Waals surface area contributed by atoms with Crippen molar-refractivity contribution in [2.24, 2.45) is 5.73 Å². The summed E-state index contributed by atoms with van der Waals surface area (Å²) in [5.74, 6) is 0.921. The van der Waals surface area contributed by atoms with Gasteiger partial charge < -0.3 is 16.4 Å². The third kappa shape index (κ3) is 3.06. The van der Waals surface area contributed by atoms with Gasteiger partial charge in [0.15, 0.2) is 11.5 Å². The van der Waals surface area contributed by atoms with Gasteiger partial charge in [-0.25, -0.2) is 13.9 Å². The molecule has 0 bridgehead atoms. The van der Waals surface area contributed by atoms with E-state index in [2.05, 4.69) is 23.5 Å². The molecule has 0 amide bonds. The summed E-state index contributed by atoms with van der Waals surface area (Å²) in [5, 5.41) is 4.25. The van der Waals surface area contributed by atoms with Gasteiger partial charge in [0, 0.05) is 18.4 Å². The number of hydrogen-bond donors (Lipinski definition) is 2. The Labute approximate surface area is 163 Å². The fourth-order valence-corrected chi connectivity index (χ4v) is 4.14. The lowest BCUT2D eigenvalue weighted by Gasteiger charge is -2.28. The average molecular weight is 380 g/mol. The van der Waals surface area contributed by atoms with Crippen LogP contribution in [-0.2, 0) is 6.42 Å². The van der Waals surface area contributed by atoms with Gasteiger partial charge in [-0.15, -0.1) is 5.10 Å². The fraction of sp³-hybridized carbons (Fsp3) is 0.333. The van der Waals surface area contributed by atoms with E-state index in [4.69, 9.17) is 16.5 Å². The Morgan fingerprint density at radius 3 is 2.93 bits per heavy atom. The quantitative estimate of drug-likeness (QED) is 0.705. The Kier molecular flexibility index (Phi) is 4.66. The van der Waals surface area contributed by atoms with Crippen molar-refractivity contribution >= 4 is 23.0 Å². The number of nitrogens with zero attached hydrogens (tertiary/aromatic N) is 4. The Bertz CT molecular complexity index is 1040. The standard InChI is InChI=1S/C21H25FN6/c1-3-5-14-7-8-15(22)12-16(14)17-6-4-10-27(17)18-9-11-28-21(25-18)19(13(2)23)20(24)26-28/h7-9,11-12,17H,2-6,10,23H2,1H3,(H2,24,26)/t17-/m1/s1. The van der Waals surface area contributed by atoms with E-state index in [0.29, 0.717) is 22.7 Å². The van der Waals surface area contributed by atoms with Gasteiger partial charge >= 0.3 is 0 Å². The van der Waals surface area contributed by atoms with Crippen LogP contribution in [0.25, 0.3) is 11.3 Å². The molecule has 1 saturated heterocycles. The lowest BCUT2D eigenvalue weighted by molar-refractivity contribution is 0.614. The molecular formula is C21H25FN6. The fourth-order valence-electron chi connectivity index (χ4n) is 4.14. The number of anilines is 2. The molecule has 7 heteroatoms. The Morgan fingerprint density at radius 2 is 2.18 bits per heavy atom. The molecule has 3 heterocycles. The number of benzene rings is 1. The van der Waals surface area contributed by atoms with E-state index in [0.717, 1.165) is 43.6 Å². The first-order valence-electron chi connectivity index (χ1n) is 9.64. The zero-order chi connectivity index (χ0) is 19.8. The molecule has 1 fully saturated rings. The van der Waals surface area contributed by atoms with Crippen LogP contribution in [-0.4, -0.2) is 21.1 Å². The highest BCUT2D eigenvalue weighted by Gasteiger charge is 2.29. The van der Waals surface area contributed by atoms with Gasteiger partial charge in [0.1, 0.15) is 11.6 Å². The lowest BCUT2D eigenvalue weighted by Crippen LogP contribution is -2.25. The van der Waals surface area contributed by atoms with E-state index >= 15 is 0 Å². The van der Waals surface area contributed by atoms with Crippen molar-refractivity contribution in [1.29, 1.82) is 0 Å². The summed E-state index contributed by atoms with van der Waals surface area (Å²) in [4.78, 5) is 7.02. The average Bonchev–Trinajstić information content (AvgIpc) is 3.26. The van der Waals surface area contributed by atoms with Crippen molar-refractivity contribution in [2.45, 2.75) is 38.6 Å². The number of nitrogen functional groups attached to an aromatic ring is 1. The summed E-state index contributed by atoms with van der Waals surface area (Å²) in [6.07, 6.45) is 5.77. The first-order chi connectivity index (χ1) is 13.5. The highest BCUT2D eigenvalue weighted by molar-refractivity contribution is 5.81. The highest BCUT2D eigenvalue weighted by atomic mass is 19.1. The van der Waals surface area contributed by atoms with E-state index < -0.39 is 0 Å². The van der Waals surface area contributed by atoms with Crippen LogP contribution >= 0.6 is 0 Å². The summed E-state index contributed by atoms with van der Waals surface area (Å²) in [6.45, 7) is 6.79. The van der Waals surface area contributed by atoms with Crippen LogP contribution in [0.4, 0.5) is 16.0 Å². The lowest BCUT2D eigenvalue weighted by atomic mass is 9.95. The first-order valence-corrected chi connectivity index (χ1v) is 9.64. The zero-order valence-electron chi connectivity index (χ0n) is 16.0. The highest BCUT2D eigenvalue weighted by Crippen LogP contribution is 2.38. The van der Waals surface area contributed by atoms with Crippen molar-refractivity contribution in [2.75, 3.05) is 17.2 Å². The molecule has 1 atom stereocenters. The number of rotatable bonds is 5. The number of hydrogen-bond acceptors (Lipinski definition) is 5. The van der Waals surface area contributed by atoms with Crippen LogP contribution in [0.2, 0.25) is 0 Å². The Balaban J connectivity index is 1.78. The van der Waals surface area contributed by atoms with Crippen LogP contribution in [0, 0.1) is 5.82 Å². The smallest absolute Gasteiger partial charge is 0.168 e. The van der Waals surface area contributed by atoms with E-state index in [1.165, 1.54) is 5.56 Å². The summed E-state index contributed by atoms with van der Waals surface area (Å²) in [5.41, 5.74) is 15.6. The summed E-state index contributed by atoms with van der Waals surface area (Å²) >= 11 is 0. The van der Waals surface area contributed by atoms with Gasteiger partial charge in [-0.2, -0.15) is 0 Å². The molecule has 0 spiro atoms. The maximum Gasteiger partial charge on any atom is 0.168 e. The van der Waals surface area contributed by atoms with Gasteiger partial charge in [-0.1, -0.05) is 26.0 Å². The van der Waals surface area contributed by atoms with E-state index in [-0.39, 0.29) is 11.9 Å². The Hall–Kier alpha value is -3.09. The summed E-state index contributed by atoms with van der Waals surface area (Å²) < 4.78 is 15.7. The SMILES string of the molecule is C=C(N)c1c(N)nn2ccc(N3CCC[C@@H]3c3cc(F)ccc3CCC)nc12. The van der Waals surface area contributed by atoms with Crippen LogP contribution < -0.4 is 16.4 Å². The number of aromatic nitrogens is 3. The predicted molar refractivity (Wildman–Crippen MR) is 110 cm³/mol. The maximum atomic E-state index is 14.0. The molecule has 1 aliphatic rings. The molecular weight excluding hydrogens is 355 g/mol. The first kappa shape index (κ1) is 18.3. The number of aryl methyl sites for hydroxylation is 1. The van der Waals surface area contributed by atoms with Crippen molar-refractivity contribution in [3.8, 4) is 0 Å². The van der Waals surface area contributed by atoms with Gasteiger partial charge in [-0.3, -0.25) is 0 Å². The van der Waals surface area contributed by atoms with Gasteiger partial charge in [0.25, 0.3) is 0 Å². The van der Waals surface area contributed by atoms with Crippen LogP contribution in [0.5, 0.6) is 0 Å². The molecule has 2 aromatic heterocycles. The number of nitrogens with two attached hydrogens (primary N) is 2. The molecule has 0 radical (unpaired) electrons. The molecule has 4 N–H and O–H groups in total. The van der Waals surface area contributed by atoms with Gasteiger partial charge in [0.2, 0.25) is 0 Å². The minimum atomic E-state index is -0.199. The predicted octanol–water partition coefficient (Wildman–Crippen LogP) is 3.67. The van der Waals surface area contributed by atoms with Gasteiger partial charge in [0.05, 0.1) is 11.6 Å². The molecule has 0 unspecified atom stereocenters. The third-order valence-electron chi connectivity index (χ3n) is 5.35. The second kappa shape index (κ2) is 7.14. The summed E-state index contributed by atoms with van der Waals surface area (Å²) in [7, 11) is 0. The van der Waals surface area contributed by atoms with Crippen molar-refractivity contribution in [3.63, 3.8) is 0 Å². The van der Waals surface area contributed by atoms with Crippen molar-refractivity contribution in [3.05, 3.63) is 59.5 Å². The summed E-state index contributed by atoms with van der Waals surface area (Å²) in [6, 6.07) is 7.15. The monoisotopic (exact) mass is 380 g/mol. The van der Waals surface area contributed by atoms with Crippen molar-refractivity contribution < 1.29 is 4.39 Å². The number of fused-ring (bicyclic) bond motifs is 1. The molecule has 6 nitrogen and oxygen atoms in total. The second-order valence-corrected chi connectivity index (χ2v) is 7.28. The molecule has 0 aliphatic carbocycles. The molecule has 28 heavy (non-hydrogen) atoms. The normalized spacial score (nSPS) is 16.8. The Morgan fingerprint density at radius 1 is 1.36 bits per heavy atom. The maximum absolute atomic E-state index is 14.0. The second-order valence-electron chi connectivity index (χ2n) is 7.28. The topological polar surface area (TPSA) is 85.5 Å². The molecule has 4 rings (SSSR count). The minimum absolute atomic E-state index is 0.0944. The van der Waals surface area contributed by atoms with E-state index in [9.17, 15) is 4.39 Å². The minimum Gasteiger partial charge on any atom is -0.398 e. The molecule has 1 aromatic carbocycles. The van der Waals surface area contributed by atoms with Crippen LogP contribution in [0.3, 0.4) is 0 Å². The molecule has 3 aromatic rings.